The number of hydrogen-bond donors (Lipinski definition) is 3. The maximum absolute atomic E-state index is 13.2. The van der Waals surface area contributed by atoms with Gasteiger partial charge in [0, 0.05) is 16.6 Å². The van der Waals surface area contributed by atoms with Gasteiger partial charge < -0.3 is 19.7 Å². The molecule has 1 amide bonds. The number of nitrogens with zero attached hydrogens (tertiary/aromatic N) is 2. The molecule has 9 nitrogen and oxygen atoms in total. The summed E-state index contributed by atoms with van der Waals surface area (Å²) in [5.74, 6) is -1.60. The van der Waals surface area contributed by atoms with Gasteiger partial charge in [-0.05, 0) is 93.3 Å². The minimum absolute atomic E-state index is 0.289. The summed E-state index contributed by atoms with van der Waals surface area (Å²) in [6.45, 7) is 6.27. The second-order valence-corrected chi connectivity index (χ2v) is 11.8. The number of fused-ring (bicyclic) bond motifs is 1. The molecule has 1 heterocycles. The van der Waals surface area contributed by atoms with Gasteiger partial charge in [-0.3, -0.25) is 13.7 Å². The molecule has 2 unspecified atom stereocenters. The van der Waals surface area contributed by atoms with Crippen molar-refractivity contribution in [2.75, 3.05) is 30.3 Å². The van der Waals surface area contributed by atoms with Crippen LogP contribution in [0, 0.1) is 12.8 Å². The highest BCUT2D eigenvalue weighted by atomic mass is 32.2. The van der Waals surface area contributed by atoms with Crippen molar-refractivity contribution in [3.63, 3.8) is 0 Å². The number of furan rings is 1. The highest BCUT2D eigenvalue weighted by Gasteiger charge is 2.32. The Balaban J connectivity index is 1.49. The van der Waals surface area contributed by atoms with E-state index in [1.54, 1.807) is 50.2 Å². The molecule has 0 bridgehead atoms. The third-order valence-corrected chi connectivity index (χ3v) is 7.98. The molecular formula is C32H37N3O6S. The van der Waals surface area contributed by atoms with Crippen molar-refractivity contribution in [2.24, 2.45) is 5.92 Å². The van der Waals surface area contributed by atoms with E-state index in [1.165, 1.54) is 5.56 Å². The van der Waals surface area contributed by atoms with E-state index < -0.39 is 23.3 Å². The fourth-order valence-electron chi connectivity index (χ4n) is 5.14. The van der Waals surface area contributed by atoms with Gasteiger partial charge in [-0.15, -0.1) is 0 Å². The summed E-state index contributed by atoms with van der Waals surface area (Å²) in [5.41, 5.74) is 5.30. The Labute approximate surface area is 248 Å². The van der Waals surface area contributed by atoms with Gasteiger partial charge in [0.1, 0.15) is 11.6 Å². The number of aryl methyl sites for hydroxylation is 2. The van der Waals surface area contributed by atoms with E-state index in [0.717, 1.165) is 45.8 Å². The molecule has 0 aliphatic carbocycles. The maximum Gasteiger partial charge on any atom is 0.327 e. The SMILES string of the molecule is Cc1c(C(=O)Nc2ccc(-c3ccc(N(C(C(=O)O)C(C)C)S(=O)O)cc3)cc2)oc2cccc(CCCN(C)C)c12. The Hall–Kier alpha value is -3.99. The lowest BCUT2D eigenvalue weighted by atomic mass is 10.0. The van der Waals surface area contributed by atoms with Crippen molar-refractivity contribution in [3.05, 3.63) is 83.6 Å². The largest absolute Gasteiger partial charge is 0.480 e. The van der Waals surface area contributed by atoms with Gasteiger partial charge >= 0.3 is 5.97 Å². The minimum atomic E-state index is -2.51. The van der Waals surface area contributed by atoms with Crippen molar-refractivity contribution in [3.8, 4) is 11.1 Å². The normalized spacial score (nSPS) is 13.0. The number of amides is 1. The monoisotopic (exact) mass is 591 g/mol. The Bertz CT molecular complexity index is 1580. The number of carbonyl (C=O) groups excluding carboxylic acids is 1. The predicted molar refractivity (Wildman–Crippen MR) is 167 cm³/mol. The van der Waals surface area contributed by atoms with Gasteiger partial charge in [0.2, 0.25) is 0 Å². The van der Waals surface area contributed by atoms with Gasteiger partial charge in [-0.25, -0.2) is 9.00 Å². The van der Waals surface area contributed by atoms with Crippen molar-refractivity contribution in [2.45, 2.75) is 39.7 Å². The molecule has 3 aromatic carbocycles. The zero-order valence-electron chi connectivity index (χ0n) is 24.5. The topological polar surface area (TPSA) is 123 Å². The summed E-state index contributed by atoms with van der Waals surface area (Å²) in [5, 5.41) is 13.5. The van der Waals surface area contributed by atoms with Crippen LogP contribution in [0.1, 0.15) is 41.9 Å². The molecule has 3 N–H and O–H groups in total. The average molecular weight is 592 g/mol. The third kappa shape index (κ3) is 6.89. The number of carboxylic acids is 1. The molecule has 0 saturated carbocycles. The van der Waals surface area contributed by atoms with E-state index in [9.17, 15) is 23.5 Å². The standard InChI is InChI=1S/C32H37N3O6S/c1-20(2)29(32(37)38)35(42(39)40)26-17-13-23(14-18-26)22-11-15-25(16-12-22)33-31(36)30-21(3)28-24(9-7-19-34(4)5)8-6-10-27(28)41-30/h6,8,10-18,20,29H,7,9,19H2,1-5H3,(H,33,36)(H,37,38)(H,39,40). The van der Waals surface area contributed by atoms with Gasteiger partial charge in [-0.1, -0.05) is 50.2 Å². The molecule has 10 heteroatoms. The maximum atomic E-state index is 13.2. The van der Waals surface area contributed by atoms with Crippen LogP contribution in [0.2, 0.25) is 0 Å². The number of benzene rings is 3. The summed E-state index contributed by atoms with van der Waals surface area (Å²) in [6.07, 6.45) is 1.90. The Morgan fingerprint density at radius 2 is 1.60 bits per heavy atom. The van der Waals surface area contributed by atoms with E-state index in [1.807, 2.05) is 31.2 Å². The minimum Gasteiger partial charge on any atom is -0.480 e. The number of nitrogens with one attached hydrogen (secondary N) is 1. The molecule has 1 aromatic heterocycles. The van der Waals surface area contributed by atoms with Crippen molar-refractivity contribution in [1.82, 2.24) is 4.90 Å². The van der Waals surface area contributed by atoms with Crippen molar-refractivity contribution in [1.29, 1.82) is 0 Å². The van der Waals surface area contributed by atoms with Crippen LogP contribution >= 0.6 is 0 Å². The molecule has 222 valence electrons. The molecule has 42 heavy (non-hydrogen) atoms. The number of anilines is 2. The number of rotatable bonds is 12. The third-order valence-electron chi connectivity index (χ3n) is 7.20. The predicted octanol–water partition coefficient (Wildman–Crippen LogP) is 6.21. The highest BCUT2D eigenvalue weighted by molar-refractivity contribution is 7.80. The van der Waals surface area contributed by atoms with Gasteiger partial charge in [0.25, 0.3) is 17.2 Å². The molecule has 0 spiro atoms. The van der Waals surface area contributed by atoms with E-state index >= 15 is 0 Å². The molecule has 4 aromatic rings. The Morgan fingerprint density at radius 3 is 2.14 bits per heavy atom. The molecular weight excluding hydrogens is 554 g/mol. The number of carboxylic acid groups (broad SMARTS) is 1. The molecule has 0 fully saturated rings. The summed E-state index contributed by atoms with van der Waals surface area (Å²) in [7, 11) is 4.11. The molecule has 4 rings (SSSR count). The lowest BCUT2D eigenvalue weighted by Crippen LogP contribution is -2.45. The second-order valence-electron chi connectivity index (χ2n) is 10.9. The van der Waals surface area contributed by atoms with Crippen LogP contribution < -0.4 is 9.62 Å². The zero-order valence-corrected chi connectivity index (χ0v) is 25.3. The van der Waals surface area contributed by atoms with E-state index in [-0.39, 0.29) is 17.6 Å². The van der Waals surface area contributed by atoms with Crippen molar-refractivity contribution < 1.29 is 27.9 Å². The van der Waals surface area contributed by atoms with Crippen LogP contribution in [0.3, 0.4) is 0 Å². The summed E-state index contributed by atoms with van der Waals surface area (Å²) < 4.78 is 28.8. The van der Waals surface area contributed by atoms with Gasteiger partial charge in [-0.2, -0.15) is 0 Å². The van der Waals surface area contributed by atoms with Crippen molar-refractivity contribution >= 4 is 45.5 Å². The van der Waals surface area contributed by atoms with E-state index in [0.29, 0.717) is 17.0 Å². The molecule has 0 aliphatic rings. The van der Waals surface area contributed by atoms with Crippen LogP contribution in [0.25, 0.3) is 22.1 Å². The number of aliphatic carboxylic acids is 1. The summed E-state index contributed by atoms with van der Waals surface area (Å²) >= 11 is -2.51. The van der Waals surface area contributed by atoms with E-state index in [2.05, 4.69) is 30.4 Å². The van der Waals surface area contributed by atoms with Crippen LogP contribution in [0.15, 0.2) is 71.1 Å². The fraction of sp³-hybridized carbons (Fsp3) is 0.312. The van der Waals surface area contributed by atoms with E-state index in [4.69, 9.17) is 4.42 Å². The number of hydrogen-bond acceptors (Lipinski definition) is 5. The first-order valence-corrected chi connectivity index (χ1v) is 14.8. The Morgan fingerprint density at radius 1 is 0.976 bits per heavy atom. The van der Waals surface area contributed by atoms with Crippen LogP contribution in [0.5, 0.6) is 0 Å². The molecule has 0 radical (unpaired) electrons. The first-order chi connectivity index (χ1) is 20.0. The fourth-order valence-corrected chi connectivity index (χ4v) is 5.97. The van der Waals surface area contributed by atoms with Crippen LogP contribution in [0.4, 0.5) is 11.4 Å². The zero-order chi connectivity index (χ0) is 30.6. The van der Waals surface area contributed by atoms with Gasteiger partial charge in [0.05, 0.1) is 5.69 Å². The quantitative estimate of drug-likeness (QED) is 0.168. The van der Waals surface area contributed by atoms with Crippen LogP contribution in [-0.4, -0.2) is 57.3 Å². The first-order valence-electron chi connectivity index (χ1n) is 13.8. The Kier molecular flexibility index (Phi) is 9.82. The number of carbonyl (C=O) groups is 2. The molecule has 2 atom stereocenters. The first kappa shape index (κ1) is 31.0. The van der Waals surface area contributed by atoms with Gasteiger partial charge in [0.15, 0.2) is 5.76 Å². The lowest BCUT2D eigenvalue weighted by molar-refractivity contribution is -0.139. The van der Waals surface area contributed by atoms with Crippen LogP contribution in [-0.2, 0) is 22.5 Å². The highest BCUT2D eigenvalue weighted by Crippen LogP contribution is 2.31. The molecule has 0 saturated heterocycles. The molecule has 0 aliphatic heterocycles. The second kappa shape index (κ2) is 13.3. The smallest absolute Gasteiger partial charge is 0.327 e. The lowest BCUT2D eigenvalue weighted by Gasteiger charge is -2.29. The average Bonchev–Trinajstić information content (AvgIpc) is 3.28. The summed E-state index contributed by atoms with van der Waals surface area (Å²) in [6, 6.07) is 18.8. The summed E-state index contributed by atoms with van der Waals surface area (Å²) in [4.78, 5) is 27.1.